The Hall–Kier alpha value is -1.26. The molecule has 2 bridgehead atoms. The molecule has 3 rings (SSSR count). The van der Waals surface area contributed by atoms with E-state index in [9.17, 15) is 4.79 Å². The van der Waals surface area contributed by atoms with Gasteiger partial charge >= 0.3 is 0 Å². The second-order valence-corrected chi connectivity index (χ2v) is 8.82. The smallest absolute Gasteiger partial charge is 0.263 e. The quantitative estimate of drug-likeness (QED) is 0.804. The molecule has 1 aromatic carbocycles. The van der Waals surface area contributed by atoms with Gasteiger partial charge in [-0.2, -0.15) is 0 Å². The highest BCUT2D eigenvalue weighted by Crippen LogP contribution is 2.46. The van der Waals surface area contributed by atoms with Crippen molar-refractivity contribution in [2.45, 2.75) is 63.5 Å². The molecule has 2 fully saturated rings. The van der Waals surface area contributed by atoms with E-state index in [0.29, 0.717) is 23.2 Å². The average Bonchev–Trinajstić information content (AvgIpc) is 2.82. The van der Waals surface area contributed by atoms with Crippen LogP contribution in [0.4, 0.5) is 0 Å². The molecule has 3 N–H and O–H groups in total. The summed E-state index contributed by atoms with van der Waals surface area (Å²) < 4.78 is 5.83. The van der Waals surface area contributed by atoms with Crippen molar-refractivity contribution >= 4 is 17.5 Å². The number of hydrogen-bond acceptors (Lipinski definition) is 3. The fourth-order valence-electron chi connectivity index (χ4n) is 4.45. The van der Waals surface area contributed by atoms with Gasteiger partial charge in [-0.3, -0.25) is 4.79 Å². The first-order chi connectivity index (χ1) is 11.8. The van der Waals surface area contributed by atoms with Gasteiger partial charge in [-0.05, 0) is 88.5 Å². The highest BCUT2D eigenvalue weighted by Gasteiger charge is 2.42. The van der Waals surface area contributed by atoms with Gasteiger partial charge in [0, 0.05) is 17.1 Å². The fraction of sp³-hybridized carbons (Fsp3) is 0.650. The molecule has 2 aliphatic carbocycles. The largest absolute Gasteiger partial charge is 0.478 e. The summed E-state index contributed by atoms with van der Waals surface area (Å²) in [6, 6.07) is 7.06. The minimum atomic E-state index is -0.922. The van der Waals surface area contributed by atoms with E-state index < -0.39 is 5.60 Å². The lowest BCUT2D eigenvalue weighted by Crippen LogP contribution is -2.47. The lowest BCUT2D eigenvalue weighted by molar-refractivity contribution is -0.134. The van der Waals surface area contributed by atoms with Gasteiger partial charge in [0.2, 0.25) is 0 Å². The first-order valence-corrected chi connectivity index (χ1v) is 9.65. The van der Waals surface area contributed by atoms with Crippen molar-refractivity contribution < 1.29 is 9.53 Å². The summed E-state index contributed by atoms with van der Waals surface area (Å²) in [5.41, 5.74) is 5.61. The van der Waals surface area contributed by atoms with E-state index in [4.69, 9.17) is 22.1 Å². The standard InChI is InChI=1S/C20H29ClN2O2/c1-19(2,25-17-5-3-16(21)4-6-17)18(24)23-10-8-15-11-14-7-9-20(22,12-14)13-15/h3-6,14-15H,7-13,22H2,1-2H3,(H,23,24)/t14-,15?,20-/m0/s1. The molecule has 138 valence electrons. The van der Waals surface area contributed by atoms with E-state index in [0.717, 1.165) is 18.8 Å². The molecule has 1 unspecified atom stereocenters. The molecule has 0 heterocycles. The van der Waals surface area contributed by atoms with Crippen molar-refractivity contribution in [1.82, 2.24) is 5.32 Å². The average molecular weight is 365 g/mol. The number of amides is 1. The molecule has 1 amide bonds. The van der Waals surface area contributed by atoms with E-state index in [1.807, 2.05) is 0 Å². The lowest BCUT2D eigenvalue weighted by atomic mass is 9.75. The molecule has 3 atom stereocenters. The Labute approximate surface area is 155 Å². The summed E-state index contributed by atoms with van der Waals surface area (Å²) >= 11 is 5.88. The normalized spacial score (nSPS) is 28.6. The lowest BCUT2D eigenvalue weighted by Gasteiger charge is -2.35. The zero-order valence-electron chi connectivity index (χ0n) is 15.2. The number of benzene rings is 1. The Morgan fingerprint density at radius 1 is 1.36 bits per heavy atom. The molecule has 25 heavy (non-hydrogen) atoms. The SMILES string of the molecule is CC(C)(Oc1ccc(Cl)cc1)C(=O)NCCC1C[C@@H]2CC[C@@](N)(C1)C2. The highest BCUT2D eigenvalue weighted by molar-refractivity contribution is 6.30. The summed E-state index contributed by atoms with van der Waals surface area (Å²) in [6.45, 7) is 4.25. The van der Waals surface area contributed by atoms with Crippen molar-refractivity contribution in [1.29, 1.82) is 0 Å². The summed E-state index contributed by atoms with van der Waals surface area (Å²) in [5.74, 6) is 1.97. The number of hydrogen-bond donors (Lipinski definition) is 2. The molecule has 1 aromatic rings. The first kappa shape index (κ1) is 18.5. The molecule has 4 nitrogen and oxygen atoms in total. The van der Waals surface area contributed by atoms with E-state index in [-0.39, 0.29) is 11.4 Å². The summed E-state index contributed by atoms with van der Waals surface area (Å²) in [6.07, 6.45) is 7.00. The molecule has 2 aliphatic rings. The van der Waals surface area contributed by atoms with Crippen molar-refractivity contribution in [3.8, 4) is 5.75 Å². The van der Waals surface area contributed by atoms with E-state index >= 15 is 0 Å². The van der Waals surface area contributed by atoms with Crippen molar-refractivity contribution in [2.24, 2.45) is 17.6 Å². The zero-order valence-corrected chi connectivity index (χ0v) is 15.9. The van der Waals surface area contributed by atoms with Crippen LogP contribution < -0.4 is 15.8 Å². The van der Waals surface area contributed by atoms with E-state index in [1.54, 1.807) is 38.1 Å². The van der Waals surface area contributed by atoms with Crippen molar-refractivity contribution in [3.63, 3.8) is 0 Å². The van der Waals surface area contributed by atoms with Gasteiger partial charge in [0.1, 0.15) is 5.75 Å². The van der Waals surface area contributed by atoms with Crippen molar-refractivity contribution in [2.75, 3.05) is 6.54 Å². The molecule has 0 spiro atoms. The van der Waals surface area contributed by atoms with Crippen LogP contribution in [0.15, 0.2) is 24.3 Å². The Morgan fingerprint density at radius 3 is 2.76 bits per heavy atom. The highest BCUT2D eigenvalue weighted by atomic mass is 35.5. The molecule has 0 radical (unpaired) electrons. The van der Waals surface area contributed by atoms with Gasteiger partial charge in [0.15, 0.2) is 5.60 Å². The summed E-state index contributed by atoms with van der Waals surface area (Å²) in [5, 5.41) is 3.68. The minimum Gasteiger partial charge on any atom is -0.478 e. The Kier molecular flexibility index (Phi) is 5.31. The monoisotopic (exact) mass is 364 g/mol. The van der Waals surface area contributed by atoms with Gasteiger partial charge < -0.3 is 15.8 Å². The predicted octanol–water partition coefficient (Wildman–Crippen LogP) is 3.91. The number of fused-ring (bicyclic) bond motifs is 2. The molecule has 0 aromatic heterocycles. The molecule has 0 aliphatic heterocycles. The zero-order chi connectivity index (χ0) is 18.1. The second kappa shape index (κ2) is 7.16. The maximum absolute atomic E-state index is 12.5. The third-order valence-corrected chi connectivity index (χ3v) is 5.93. The summed E-state index contributed by atoms with van der Waals surface area (Å²) in [7, 11) is 0. The van der Waals surface area contributed by atoms with Crippen LogP contribution >= 0.6 is 11.6 Å². The molecule has 0 saturated heterocycles. The number of rotatable bonds is 6. The van der Waals surface area contributed by atoms with Gasteiger partial charge in [-0.15, -0.1) is 0 Å². The number of nitrogens with two attached hydrogens (primary N) is 1. The first-order valence-electron chi connectivity index (χ1n) is 9.28. The number of nitrogens with one attached hydrogen (secondary N) is 1. The van der Waals surface area contributed by atoms with Gasteiger partial charge in [-0.1, -0.05) is 11.6 Å². The van der Waals surface area contributed by atoms with Gasteiger partial charge in [0.05, 0.1) is 0 Å². The second-order valence-electron chi connectivity index (χ2n) is 8.39. The number of halogens is 1. The topological polar surface area (TPSA) is 64.3 Å². The third kappa shape index (κ3) is 4.68. The number of carbonyl (C=O) groups excluding carboxylic acids is 1. The van der Waals surface area contributed by atoms with E-state index in [1.165, 1.54) is 25.7 Å². The Morgan fingerprint density at radius 2 is 2.08 bits per heavy atom. The molecular weight excluding hydrogens is 336 g/mol. The van der Waals surface area contributed by atoms with Crippen LogP contribution in [-0.2, 0) is 4.79 Å². The van der Waals surface area contributed by atoms with E-state index in [2.05, 4.69) is 5.32 Å². The van der Waals surface area contributed by atoms with Crippen LogP contribution in [0, 0.1) is 11.8 Å². The van der Waals surface area contributed by atoms with Crippen LogP contribution in [0.3, 0.4) is 0 Å². The van der Waals surface area contributed by atoms with Crippen LogP contribution in [0.25, 0.3) is 0 Å². The number of ether oxygens (including phenoxy) is 1. The minimum absolute atomic E-state index is 0.0640. The maximum atomic E-state index is 12.5. The fourth-order valence-corrected chi connectivity index (χ4v) is 4.58. The molecule has 2 saturated carbocycles. The van der Waals surface area contributed by atoms with Crippen LogP contribution in [0.1, 0.15) is 52.4 Å². The summed E-state index contributed by atoms with van der Waals surface area (Å²) in [4.78, 5) is 12.5. The Balaban J connectivity index is 1.46. The van der Waals surface area contributed by atoms with Crippen LogP contribution in [-0.4, -0.2) is 23.6 Å². The number of carbonyl (C=O) groups is 1. The van der Waals surface area contributed by atoms with Gasteiger partial charge in [0.25, 0.3) is 5.91 Å². The van der Waals surface area contributed by atoms with Crippen LogP contribution in [0.5, 0.6) is 5.75 Å². The van der Waals surface area contributed by atoms with Crippen LogP contribution in [0.2, 0.25) is 5.02 Å². The maximum Gasteiger partial charge on any atom is 0.263 e. The third-order valence-electron chi connectivity index (χ3n) is 5.68. The Bertz CT molecular complexity index is 617. The molecule has 5 heteroatoms. The predicted molar refractivity (Wildman–Crippen MR) is 101 cm³/mol. The van der Waals surface area contributed by atoms with Gasteiger partial charge in [-0.25, -0.2) is 0 Å². The molecular formula is C20H29ClN2O2. The van der Waals surface area contributed by atoms with Crippen molar-refractivity contribution in [3.05, 3.63) is 29.3 Å².